The fourth-order valence-corrected chi connectivity index (χ4v) is 2.75. The van der Waals surface area contributed by atoms with Crippen molar-refractivity contribution < 1.29 is 23.4 Å². The fourth-order valence-electron chi connectivity index (χ4n) is 2.75. The van der Waals surface area contributed by atoms with Crippen molar-refractivity contribution in [1.29, 1.82) is 0 Å². The van der Waals surface area contributed by atoms with Gasteiger partial charge in [0.25, 0.3) is 0 Å². The highest BCUT2D eigenvalue weighted by Gasteiger charge is 2.07. The molecule has 148 valence electrons. The zero-order valence-electron chi connectivity index (χ0n) is 16.2. The number of ketones is 1. The molecule has 0 N–H and O–H groups in total. The van der Waals surface area contributed by atoms with E-state index in [2.05, 4.69) is 0 Å². The lowest BCUT2D eigenvalue weighted by molar-refractivity contribution is 0.104. The molecule has 0 amide bonds. The highest BCUT2D eigenvalue weighted by Crippen LogP contribution is 2.23. The molecular formula is C24H21FO4. The maximum Gasteiger partial charge on any atom is 0.185 e. The molecular weight excluding hydrogens is 371 g/mol. The van der Waals surface area contributed by atoms with Gasteiger partial charge in [-0.2, -0.15) is 0 Å². The SMILES string of the molecule is COc1cccc(C(=O)/C=C/c2ccc(OC)c(COc3ccc(F)cc3)c2)c1. The van der Waals surface area contributed by atoms with Gasteiger partial charge in [-0.05, 0) is 60.2 Å². The van der Waals surface area contributed by atoms with Crippen molar-refractivity contribution in [3.63, 3.8) is 0 Å². The first-order valence-electron chi connectivity index (χ1n) is 9.01. The predicted octanol–water partition coefficient (Wildman–Crippen LogP) is 5.32. The lowest BCUT2D eigenvalue weighted by atomic mass is 10.1. The third-order valence-electron chi connectivity index (χ3n) is 4.29. The van der Waals surface area contributed by atoms with Gasteiger partial charge in [0.05, 0.1) is 14.2 Å². The van der Waals surface area contributed by atoms with Crippen LogP contribution in [0.2, 0.25) is 0 Å². The van der Waals surface area contributed by atoms with Gasteiger partial charge in [0, 0.05) is 11.1 Å². The third kappa shape index (κ3) is 5.45. The Morgan fingerprint density at radius 1 is 0.931 bits per heavy atom. The van der Waals surface area contributed by atoms with Crippen LogP contribution >= 0.6 is 0 Å². The maximum absolute atomic E-state index is 13.0. The van der Waals surface area contributed by atoms with Crippen molar-refractivity contribution in [3.05, 3.63) is 95.3 Å². The minimum Gasteiger partial charge on any atom is -0.497 e. The molecule has 5 heteroatoms. The highest BCUT2D eigenvalue weighted by atomic mass is 19.1. The molecule has 3 aromatic rings. The van der Waals surface area contributed by atoms with Crippen LogP contribution in [0.25, 0.3) is 6.08 Å². The van der Waals surface area contributed by atoms with Gasteiger partial charge in [-0.15, -0.1) is 0 Å². The molecule has 0 atom stereocenters. The molecule has 0 saturated heterocycles. The lowest BCUT2D eigenvalue weighted by Crippen LogP contribution is -1.99. The largest absolute Gasteiger partial charge is 0.497 e. The second-order valence-corrected chi connectivity index (χ2v) is 6.24. The molecule has 29 heavy (non-hydrogen) atoms. The summed E-state index contributed by atoms with van der Waals surface area (Å²) in [6, 6.07) is 18.4. The molecule has 0 saturated carbocycles. The summed E-state index contributed by atoms with van der Waals surface area (Å²) in [5.41, 5.74) is 2.20. The van der Waals surface area contributed by atoms with E-state index in [1.165, 1.54) is 18.2 Å². The summed E-state index contributed by atoms with van der Waals surface area (Å²) in [5.74, 6) is 1.42. The van der Waals surface area contributed by atoms with Crippen LogP contribution in [0.5, 0.6) is 17.2 Å². The first kappa shape index (κ1) is 20.1. The molecule has 4 nitrogen and oxygen atoms in total. The van der Waals surface area contributed by atoms with E-state index in [0.29, 0.717) is 22.8 Å². The number of carbonyl (C=O) groups is 1. The van der Waals surface area contributed by atoms with E-state index in [9.17, 15) is 9.18 Å². The Kier molecular flexibility index (Phi) is 6.63. The molecule has 0 aliphatic carbocycles. The third-order valence-corrected chi connectivity index (χ3v) is 4.29. The molecule has 0 fully saturated rings. The van der Waals surface area contributed by atoms with Crippen molar-refractivity contribution in [1.82, 2.24) is 0 Å². The summed E-state index contributed by atoms with van der Waals surface area (Å²) in [6.45, 7) is 0.250. The number of ether oxygens (including phenoxy) is 3. The van der Waals surface area contributed by atoms with Gasteiger partial charge in [0.15, 0.2) is 5.78 Å². The van der Waals surface area contributed by atoms with Gasteiger partial charge in [-0.1, -0.05) is 24.3 Å². The van der Waals surface area contributed by atoms with Gasteiger partial charge in [-0.3, -0.25) is 4.79 Å². The molecule has 0 bridgehead atoms. The van der Waals surface area contributed by atoms with Gasteiger partial charge in [-0.25, -0.2) is 4.39 Å². The van der Waals surface area contributed by atoms with Gasteiger partial charge in [0.2, 0.25) is 0 Å². The quantitative estimate of drug-likeness (QED) is 0.385. The van der Waals surface area contributed by atoms with E-state index in [4.69, 9.17) is 14.2 Å². The first-order valence-corrected chi connectivity index (χ1v) is 9.01. The topological polar surface area (TPSA) is 44.8 Å². The standard InChI is InChI=1S/C24H21FO4/c1-27-22-5-3-4-18(15-22)23(26)12-6-17-7-13-24(28-2)19(14-17)16-29-21-10-8-20(25)9-11-21/h3-15H,16H2,1-2H3/b12-6+. The average molecular weight is 392 g/mol. The van der Waals surface area contributed by atoms with Crippen LogP contribution in [0, 0.1) is 5.82 Å². The number of rotatable bonds is 8. The molecule has 0 aliphatic rings. The van der Waals surface area contributed by atoms with Crippen LogP contribution in [0.3, 0.4) is 0 Å². The Morgan fingerprint density at radius 3 is 2.45 bits per heavy atom. The van der Waals surface area contributed by atoms with E-state index in [1.54, 1.807) is 56.7 Å². The molecule has 0 aromatic heterocycles. The highest BCUT2D eigenvalue weighted by molar-refractivity contribution is 6.07. The lowest BCUT2D eigenvalue weighted by Gasteiger charge is -2.11. The number of benzene rings is 3. The molecule has 0 spiro atoms. The van der Waals surface area contributed by atoms with Crippen molar-refractivity contribution in [3.8, 4) is 17.2 Å². The summed E-state index contributed by atoms with van der Waals surface area (Å²) >= 11 is 0. The summed E-state index contributed by atoms with van der Waals surface area (Å²) in [7, 11) is 3.14. The predicted molar refractivity (Wildman–Crippen MR) is 110 cm³/mol. The zero-order chi connectivity index (χ0) is 20.6. The normalized spacial score (nSPS) is 10.7. The minimum atomic E-state index is -0.317. The van der Waals surface area contributed by atoms with Crippen molar-refractivity contribution >= 4 is 11.9 Å². The number of carbonyl (C=O) groups excluding carboxylic acids is 1. The minimum absolute atomic E-state index is 0.121. The van der Waals surface area contributed by atoms with Crippen LogP contribution in [-0.4, -0.2) is 20.0 Å². The summed E-state index contributed by atoms with van der Waals surface area (Å²) in [5, 5.41) is 0. The van der Waals surface area contributed by atoms with Crippen molar-refractivity contribution in [2.75, 3.05) is 14.2 Å². The Hall–Kier alpha value is -3.60. The Bertz CT molecular complexity index is 1010. The first-order chi connectivity index (χ1) is 14.1. The second-order valence-electron chi connectivity index (χ2n) is 6.24. The summed E-state index contributed by atoms with van der Waals surface area (Å²) in [6.07, 6.45) is 3.25. The van der Waals surface area contributed by atoms with E-state index in [1.807, 2.05) is 18.2 Å². The molecule has 0 radical (unpaired) electrons. The average Bonchev–Trinajstić information content (AvgIpc) is 2.77. The monoisotopic (exact) mass is 392 g/mol. The Morgan fingerprint density at radius 2 is 1.72 bits per heavy atom. The molecule has 0 heterocycles. The molecule has 0 unspecified atom stereocenters. The number of methoxy groups -OCH3 is 2. The van der Waals surface area contributed by atoms with E-state index < -0.39 is 0 Å². The van der Waals surface area contributed by atoms with Crippen LogP contribution in [0.15, 0.2) is 72.8 Å². The Labute approximate surface area is 169 Å². The zero-order valence-corrected chi connectivity index (χ0v) is 16.2. The second kappa shape index (κ2) is 9.55. The van der Waals surface area contributed by atoms with Crippen LogP contribution in [-0.2, 0) is 6.61 Å². The number of halogens is 1. The van der Waals surface area contributed by atoms with E-state index in [0.717, 1.165) is 11.1 Å². The van der Waals surface area contributed by atoms with E-state index >= 15 is 0 Å². The Balaban J connectivity index is 1.74. The summed E-state index contributed by atoms with van der Waals surface area (Å²) < 4.78 is 29.3. The van der Waals surface area contributed by atoms with E-state index in [-0.39, 0.29) is 18.2 Å². The molecule has 0 aliphatic heterocycles. The maximum atomic E-state index is 13.0. The number of allylic oxidation sites excluding steroid dienone is 1. The van der Waals surface area contributed by atoms with Crippen LogP contribution in [0.4, 0.5) is 4.39 Å². The van der Waals surface area contributed by atoms with Gasteiger partial charge < -0.3 is 14.2 Å². The van der Waals surface area contributed by atoms with Gasteiger partial charge >= 0.3 is 0 Å². The number of hydrogen-bond donors (Lipinski definition) is 0. The number of hydrogen-bond acceptors (Lipinski definition) is 4. The van der Waals surface area contributed by atoms with Crippen LogP contribution in [0.1, 0.15) is 21.5 Å². The fraction of sp³-hybridized carbons (Fsp3) is 0.125. The van der Waals surface area contributed by atoms with Gasteiger partial charge in [0.1, 0.15) is 29.7 Å². The van der Waals surface area contributed by atoms with Crippen molar-refractivity contribution in [2.24, 2.45) is 0 Å². The van der Waals surface area contributed by atoms with Crippen molar-refractivity contribution in [2.45, 2.75) is 6.61 Å². The van der Waals surface area contributed by atoms with Crippen LogP contribution < -0.4 is 14.2 Å². The smallest absolute Gasteiger partial charge is 0.185 e. The molecule has 3 aromatic carbocycles. The summed E-state index contributed by atoms with van der Waals surface area (Å²) in [4.78, 5) is 12.4. The molecule has 3 rings (SSSR count).